The predicted molar refractivity (Wildman–Crippen MR) is 83.1 cm³/mol. The number of hydrogen-bond acceptors (Lipinski definition) is 4. The van der Waals surface area contributed by atoms with Crippen LogP contribution in [0, 0.1) is 0 Å². The number of halogens is 1. The van der Waals surface area contributed by atoms with Crippen LogP contribution in [-0.2, 0) is 11.3 Å². The third-order valence-corrected chi connectivity index (χ3v) is 3.27. The number of benzene rings is 1. The fourth-order valence-electron chi connectivity index (χ4n) is 2.10. The third-order valence-electron chi connectivity index (χ3n) is 3.08. The molecular weight excluding hydrogens is 286 g/mol. The molecule has 2 heterocycles. The Hall–Kier alpha value is -2.04. The van der Waals surface area contributed by atoms with E-state index < -0.39 is 0 Å². The van der Waals surface area contributed by atoms with Gasteiger partial charge < -0.3 is 4.74 Å². The molecule has 0 saturated carbocycles. The van der Waals surface area contributed by atoms with Gasteiger partial charge in [0, 0.05) is 29.8 Å². The minimum atomic E-state index is 0.357. The van der Waals surface area contributed by atoms with E-state index >= 15 is 0 Å². The number of hydrogen-bond donors (Lipinski definition) is 0. The van der Waals surface area contributed by atoms with E-state index in [1.807, 2.05) is 37.3 Å². The molecule has 0 aliphatic carbocycles. The van der Waals surface area contributed by atoms with Gasteiger partial charge in [-0.05, 0) is 19.1 Å². The molecule has 0 aliphatic rings. The zero-order valence-electron chi connectivity index (χ0n) is 11.6. The van der Waals surface area contributed by atoms with Gasteiger partial charge in [-0.1, -0.05) is 29.8 Å². The molecule has 3 aromatic rings. The first kappa shape index (κ1) is 13.9. The summed E-state index contributed by atoms with van der Waals surface area (Å²) >= 11 is 6.07. The van der Waals surface area contributed by atoms with Gasteiger partial charge in [-0.15, -0.1) is 0 Å². The van der Waals surface area contributed by atoms with Crippen LogP contribution in [0.15, 0.2) is 42.6 Å². The fraction of sp³-hybridized carbons (Fsp3) is 0.188. The highest BCUT2D eigenvalue weighted by atomic mass is 35.5. The molecular formula is C16H14ClN3O. The maximum atomic E-state index is 6.07. The number of pyridine rings is 1. The zero-order valence-corrected chi connectivity index (χ0v) is 12.3. The lowest BCUT2D eigenvalue weighted by Gasteiger charge is -2.06. The summed E-state index contributed by atoms with van der Waals surface area (Å²) in [5, 5.41) is 1.51. The van der Waals surface area contributed by atoms with E-state index in [4.69, 9.17) is 16.3 Å². The molecule has 1 aromatic carbocycles. The fourth-order valence-corrected chi connectivity index (χ4v) is 2.30. The lowest BCUT2D eigenvalue weighted by molar-refractivity contribution is 0.128. The number of ether oxygens (including phenoxy) is 1. The molecule has 0 radical (unpaired) electrons. The summed E-state index contributed by atoms with van der Waals surface area (Å²) in [6, 6.07) is 11.7. The molecule has 3 rings (SSSR count). The van der Waals surface area contributed by atoms with E-state index in [1.54, 1.807) is 12.3 Å². The van der Waals surface area contributed by atoms with Crippen molar-refractivity contribution >= 4 is 22.5 Å². The highest BCUT2D eigenvalue weighted by Gasteiger charge is 2.07. The molecule has 0 aliphatic heterocycles. The Labute approximate surface area is 127 Å². The van der Waals surface area contributed by atoms with Crippen LogP contribution >= 0.6 is 11.6 Å². The van der Waals surface area contributed by atoms with Gasteiger partial charge in [0.2, 0.25) is 0 Å². The Morgan fingerprint density at radius 2 is 2.05 bits per heavy atom. The van der Waals surface area contributed by atoms with Crippen LogP contribution in [0.2, 0.25) is 5.15 Å². The molecule has 106 valence electrons. The van der Waals surface area contributed by atoms with Crippen molar-refractivity contribution in [2.45, 2.75) is 13.5 Å². The lowest BCUT2D eigenvalue weighted by atomic mass is 10.1. The van der Waals surface area contributed by atoms with E-state index in [-0.39, 0.29) is 0 Å². The molecule has 0 saturated heterocycles. The largest absolute Gasteiger partial charge is 0.374 e. The second-order valence-electron chi connectivity index (χ2n) is 4.54. The van der Waals surface area contributed by atoms with E-state index in [1.165, 1.54) is 0 Å². The minimum absolute atomic E-state index is 0.357. The first-order valence-corrected chi connectivity index (χ1v) is 7.10. The highest BCUT2D eigenvalue weighted by molar-refractivity contribution is 6.29. The van der Waals surface area contributed by atoms with Crippen LogP contribution in [0.4, 0.5) is 0 Å². The summed E-state index contributed by atoms with van der Waals surface area (Å²) < 4.78 is 5.34. The Morgan fingerprint density at radius 3 is 2.90 bits per heavy atom. The van der Waals surface area contributed by atoms with Crippen molar-refractivity contribution < 1.29 is 4.74 Å². The molecule has 0 fully saturated rings. The third kappa shape index (κ3) is 3.17. The molecule has 0 N–H and O–H groups in total. The Balaban J connectivity index is 2.02. The van der Waals surface area contributed by atoms with E-state index in [9.17, 15) is 0 Å². The smallest absolute Gasteiger partial charge is 0.156 e. The maximum absolute atomic E-state index is 6.07. The van der Waals surface area contributed by atoms with E-state index in [2.05, 4.69) is 15.0 Å². The Bertz CT molecular complexity index is 776. The van der Waals surface area contributed by atoms with Gasteiger partial charge in [0.25, 0.3) is 0 Å². The van der Waals surface area contributed by atoms with Crippen molar-refractivity contribution in [2.24, 2.45) is 0 Å². The second kappa shape index (κ2) is 6.16. The van der Waals surface area contributed by atoms with Crippen molar-refractivity contribution in [1.82, 2.24) is 15.0 Å². The van der Waals surface area contributed by atoms with Gasteiger partial charge >= 0.3 is 0 Å². The monoisotopic (exact) mass is 299 g/mol. The quantitative estimate of drug-likeness (QED) is 0.686. The van der Waals surface area contributed by atoms with Crippen molar-refractivity contribution in [1.29, 1.82) is 0 Å². The maximum Gasteiger partial charge on any atom is 0.156 e. The van der Waals surface area contributed by atoms with Crippen molar-refractivity contribution in [3.8, 4) is 11.3 Å². The number of fused-ring (bicyclic) bond motifs is 1. The lowest BCUT2D eigenvalue weighted by Crippen LogP contribution is -2.00. The van der Waals surface area contributed by atoms with Crippen LogP contribution in [0.3, 0.4) is 0 Å². The van der Waals surface area contributed by atoms with Crippen LogP contribution in [-0.4, -0.2) is 21.6 Å². The van der Waals surface area contributed by atoms with E-state index in [0.29, 0.717) is 24.2 Å². The standard InChI is InChI=1S/C16H14ClN3O/c1-2-21-10-16-19-14(9-15(17)20-16)12-6-5-11-4-3-7-18-13(11)8-12/h3-9H,2,10H2,1H3. The van der Waals surface area contributed by atoms with Crippen LogP contribution in [0.1, 0.15) is 12.7 Å². The molecule has 5 heteroatoms. The van der Waals surface area contributed by atoms with Crippen molar-refractivity contribution in [3.05, 3.63) is 53.6 Å². The molecule has 4 nitrogen and oxygen atoms in total. The van der Waals surface area contributed by atoms with Crippen molar-refractivity contribution in [3.63, 3.8) is 0 Å². The molecule has 0 unspecified atom stereocenters. The first-order valence-electron chi connectivity index (χ1n) is 6.72. The molecule has 0 bridgehead atoms. The summed E-state index contributed by atoms with van der Waals surface area (Å²) in [5.74, 6) is 0.584. The van der Waals surface area contributed by atoms with Gasteiger partial charge in [0.05, 0.1) is 11.2 Å². The molecule has 0 spiro atoms. The van der Waals surface area contributed by atoms with Crippen LogP contribution < -0.4 is 0 Å². The average molecular weight is 300 g/mol. The summed E-state index contributed by atoms with van der Waals surface area (Å²) in [5.41, 5.74) is 2.66. The summed E-state index contributed by atoms with van der Waals surface area (Å²) in [6.07, 6.45) is 1.78. The minimum Gasteiger partial charge on any atom is -0.374 e. The SMILES string of the molecule is CCOCc1nc(Cl)cc(-c2ccc3cccnc3c2)n1. The first-order chi connectivity index (χ1) is 10.3. The highest BCUT2D eigenvalue weighted by Crippen LogP contribution is 2.23. The summed E-state index contributed by atoms with van der Waals surface area (Å²) in [7, 11) is 0. The predicted octanol–water partition coefficient (Wildman–Crippen LogP) is 3.88. The molecule has 21 heavy (non-hydrogen) atoms. The molecule has 2 aromatic heterocycles. The topological polar surface area (TPSA) is 47.9 Å². The number of rotatable bonds is 4. The van der Waals surface area contributed by atoms with Gasteiger partial charge in [0.1, 0.15) is 11.8 Å². The normalized spacial score (nSPS) is 11.0. The molecule has 0 amide bonds. The summed E-state index contributed by atoms with van der Waals surface area (Å²) in [4.78, 5) is 13.0. The van der Waals surface area contributed by atoms with Gasteiger partial charge in [-0.3, -0.25) is 4.98 Å². The summed E-state index contributed by atoms with van der Waals surface area (Å²) in [6.45, 7) is 2.90. The van der Waals surface area contributed by atoms with Gasteiger partial charge in [-0.2, -0.15) is 0 Å². The van der Waals surface area contributed by atoms with Gasteiger partial charge in [0.15, 0.2) is 5.82 Å². The molecule has 0 atom stereocenters. The van der Waals surface area contributed by atoms with Gasteiger partial charge in [-0.25, -0.2) is 9.97 Å². The van der Waals surface area contributed by atoms with Crippen molar-refractivity contribution in [2.75, 3.05) is 6.61 Å². The van der Waals surface area contributed by atoms with E-state index in [0.717, 1.165) is 22.2 Å². The Morgan fingerprint density at radius 1 is 1.14 bits per heavy atom. The number of aromatic nitrogens is 3. The second-order valence-corrected chi connectivity index (χ2v) is 4.93. The van der Waals surface area contributed by atoms with Crippen LogP contribution in [0.25, 0.3) is 22.2 Å². The average Bonchev–Trinajstić information content (AvgIpc) is 2.52. The van der Waals surface area contributed by atoms with Crippen LogP contribution in [0.5, 0.6) is 0 Å². The number of nitrogens with zero attached hydrogens (tertiary/aromatic N) is 3. The zero-order chi connectivity index (χ0) is 14.7. The Kier molecular flexibility index (Phi) is 4.08.